The van der Waals surface area contributed by atoms with E-state index in [9.17, 15) is 0 Å². The first-order valence-electron chi connectivity index (χ1n) is 12.5. The number of benzene rings is 4. The number of hydrogen-bond acceptors (Lipinski definition) is 2. The standard InChI is InChI=1S/C34H27BrN2/c35-34-13-3-10-28(21-34)33-19-31(26-8-1-6-24(16-26)29-11-4-14-36-22-29)18-32(20-33)27-9-2-7-25(17-27)30-12-5-15-37-23-30/h1-14,16-21,23,36-37H,15,22H2. The van der Waals surface area contributed by atoms with Crippen LogP contribution in [0.25, 0.3) is 44.5 Å². The zero-order valence-corrected chi connectivity index (χ0v) is 22.0. The zero-order chi connectivity index (χ0) is 25.0. The molecule has 0 radical (unpaired) electrons. The summed E-state index contributed by atoms with van der Waals surface area (Å²) in [6, 6.07) is 33.1. The lowest BCUT2D eigenvalue weighted by Gasteiger charge is -2.15. The Hall–Kier alpha value is -4.08. The molecule has 2 N–H and O–H groups in total. The lowest BCUT2D eigenvalue weighted by atomic mass is 9.91. The molecule has 0 aromatic heterocycles. The van der Waals surface area contributed by atoms with E-state index in [4.69, 9.17) is 0 Å². The van der Waals surface area contributed by atoms with Crippen LogP contribution in [-0.4, -0.2) is 13.1 Å². The molecular formula is C34H27BrN2. The number of allylic oxidation sites excluding steroid dienone is 4. The Labute approximate surface area is 226 Å². The van der Waals surface area contributed by atoms with E-state index >= 15 is 0 Å². The van der Waals surface area contributed by atoms with Crippen LogP contribution in [0.3, 0.4) is 0 Å². The van der Waals surface area contributed by atoms with Crippen LogP contribution in [0.5, 0.6) is 0 Å². The van der Waals surface area contributed by atoms with Crippen molar-refractivity contribution in [2.75, 3.05) is 13.1 Å². The Balaban J connectivity index is 1.48. The monoisotopic (exact) mass is 542 g/mol. The van der Waals surface area contributed by atoms with E-state index in [0.29, 0.717) is 0 Å². The van der Waals surface area contributed by atoms with Gasteiger partial charge in [-0.15, -0.1) is 0 Å². The van der Waals surface area contributed by atoms with Crippen molar-refractivity contribution in [3.8, 4) is 33.4 Å². The summed E-state index contributed by atoms with van der Waals surface area (Å²) in [7, 11) is 0. The molecule has 0 bridgehead atoms. The topological polar surface area (TPSA) is 24.1 Å². The van der Waals surface area contributed by atoms with Gasteiger partial charge in [0.2, 0.25) is 0 Å². The van der Waals surface area contributed by atoms with Gasteiger partial charge in [-0.25, -0.2) is 0 Å². The van der Waals surface area contributed by atoms with Crippen molar-refractivity contribution >= 4 is 27.1 Å². The minimum Gasteiger partial charge on any atom is -0.387 e. The summed E-state index contributed by atoms with van der Waals surface area (Å²) in [5, 5.41) is 6.65. The van der Waals surface area contributed by atoms with Crippen molar-refractivity contribution in [3.05, 3.63) is 143 Å². The molecule has 6 rings (SSSR count). The second-order valence-electron chi connectivity index (χ2n) is 9.31. The molecule has 0 fully saturated rings. The Morgan fingerprint density at radius 1 is 0.595 bits per heavy atom. The fourth-order valence-electron chi connectivity index (χ4n) is 4.88. The maximum absolute atomic E-state index is 3.66. The lowest BCUT2D eigenvalue weighted by molar-refractivity contribution is 0.976. The summed E-state index contributed by atoms with van der Waals surface area (Å²) in [5.74, 6) is 0. The first-order chi connectivity index (χ1) is 18.2. The smallest absolute Gasteiger partial charge is 0.0401 e. The van der Waals surface area contributed by atoms with E-state index in [-0.39, 0.29) is 0 Å². The van der Waals surface area contributed by atoms with E-state index in [0.717, 1.165) is 17.6 Å². The molecule has 0 saturated heterocycles. The van der Waals surface area contributed by atoms with Crippen LogP contribution < -0.4 is 10.6 Å². The molecule has 0 aliphatic carbocycles. The van der Waals surface area contributed by atoms with Gasteiger partial charge < -0.3 is 10.6 Å². The van der Waals surface area contributed by atoms with Crippen molar-refractivity contribution in [3.63, 3.8) is 0 Å². The summed E-state index contributed by atoms with van der Waals surface area (Å²) in [6.07, 6.45) is 12.7. The quantitative estimate of drug-likeness (QED) is 0.264. The first-order valence-corrected chi connectivity index (χ1v) is 13.3. The fourth-order valence-corrected chi connectivity index (χ4v) is 5.28. The molecule has 3 heteroatoms. The molecule has 0 spiro atoms. The number of halogens is 1. The largest absolute Gasteiger partial charge is 0.387 e. The Bertz CT molecular complexity index is 1590. The van der Waals surface area contributed by atoms with Gasteiger partial charge in [-0.1, -0.05) is 82.7 Å². The van der Waals surface area contributed by atoms with Crippen molar-refractivity contribution in [2.24, 2.45) is 0 Å². The molecule has 4 aromatic rings. The highest BCUT2D eigenvalue weighted by molar-refractivity contribution is 9.10. The van der Waals surface area contributed by atoms with Gasteiger partial charge in [-0.3, -0.25) is 0 Å². The van der Waals surface area contributed by atoms with Crippen molar-refractivity contribution in [2.45, 2.75) is 0 Å². The third-order valence-corrected chi connectivity index (χ3v) is 7.27. The van der Waals surface area contributed by atoms with Crippen molar-refractivity contribution in [1.82, 2.24) is 10.6 Å². The maximum atomic E-state index is 3.66. The molecule has 0 atom stereocenters. The van der Waals surface area contributed by atoms with Crippen LogP contribution in [0.4, 0.5) is 0 Å². The van der Waals surface area contributed by atoms with Crippen LogP contribution in [0, 0.1) is 0 Å². The van der Waals surface area contributed by atoms with Crippen LogP contribution in [-0.2, 0) is 0 Å². The summed E-state index contributed by atoms with van der Waals surface area (Å²) >= 11 is 3.66. The average Bonchev–Trinajstić information content (AvgIpc) is 2.98. The summed E-state index contributed by atoms with van der Waals surface area (Å²) < 4.78 is 1.08. The zero-order valence-electron chi connectivity index (χ0n) is 20.4. The second kappa shape index (κ2) is 10.5. The average molecular weight is 544 g/mol. The SMILES string of the molecule is Brc1cccc(-c2cc(-c3cccc(C4=CNCC=C4)c3)cc(-c3cccc(C4=CC=CNC4)c3)c2)c1. The molecule has 0 unspecified atom stereocenters. The van der Waals surface area contributed by atoms with Gasteiger partial charge in [-0.05, 0) is 110 Å². The van der Waals surface area contributed by atoms with Gasteiger partial charge in [0.1, 0.15) is 0 Å². The van der Waals surface area contributed by atoms with Gasteiger partial charge in [-0.2, -0.15) is 0 Å². The Morgan fingerprint density at radius 2 is 1.19 bits per heavy atom. The molecule has 0 saturated carbocycles. The Kier molecular flexibility index (Phi) is 6.62. The van der Waals surface area contributed by atoms with Crippen LogP contribution in [0.15, 0.2) is 132 Å². The molecule has 37 heavy (non-hydrogen) atoms. The number of nitrogens with one attached hydrogen (secondary N) is 2. The van der Waals surface area contributed by atoms with E-state index < -0.39 is 0 Å². The fraction of sp³-hybridized carbons (Fsp3) is 0.0588. The van der Waals surface area contributed by atoms with Crippen LogP contribution in [0.2, 0.25) is 0 Å². The minimum atomic E-state index is 0.842. The number of rotatable bonds is 5. The highest BCUT2D eigenvalue weighted by Crippen LogP contribution is 2.35. The van der Waals surface area contributed by atoms with Gasteiger partial charge >= 0.3 is 0 Å². The normalized spacial score (nSPS) is 14.4. The summed E-state index contributed by atoms with van der Waals surface area (Å²) in [5.41, 5.74) is 12.2. The predicted molar refractivity (Wildman–Crippen MR) is 161 cm³/mol. The highest BCUT2D eigenvalue weighted by atomic mass is 79.9. The van der Waals surface area contributed by atoms with Crippen molar-refractivity contribution < 1.29 is 0 Å². The molecule has 2 nitrogen and oxygen atoms in total. The first kappa shape index (κ1) is 23.3. The molecule has 0 amide bonds. The second-order valence-corrected chi connectivity index (χ2v) is 10.2. The van der Waals surface area contributed by atoms with Crippen LogP contribution in [0.1, 0.15) is 11.1 Å². The molecule has 180 valence electrons. The van der Waals surface area contributed by atoms with E-state index in [2.05, 4.69) is 148 Å². The molecule has 2 heterocycles. The van der Waals surface area contributed by atoms with E-state index in [1.54, 1.807) is 0 Å². The lowest BCUT2D eigenvalue weighted by Crippen LogP contribution is -2.11. The third kappa shape index (κ3) is 5.23. The maximum Gasteiger partial charge on any atom is 0.0401 e. The summed E-state index contributed by atoms with van der Waals surface area (Å²) in [6.45, 7) is 1.72. The molecular weight excluding hydrogens is 516 g/mol. The third-order valence-electron chi connectivity index (χ3n) is 6.78. The molecule has 2 aliphatic rings. The molecule has 4 aromatic carbocycles. The highest BCUT2D eigenvalue weighted by Gasteiger charge is 2.11. The number of dihydropyridines is 2. The van der Waals surface area contributed by atoms with Gasteiger partial charge in [0, 0.05) is 23.8 Å². The summed E-state index contributed by atoms with van der Waals surface area (Å²) in [4.78, 5) is 0. The van der Waals surface area contributed by atoms with E-state index in [1.807, 2.05) is 6.20 Å². The van der Waals surface area contributed by atoms with Crippen molar-refractivity contribution in [1.29, 1.82) is 0 Å². The van der Waals surface area contributed by atoms with E-state index in [1.165, 1.54) is 55.7 Å². The predicted octanol–water partition coefficient (Wildman–Crippen LogP) is 8.45. The van der Waals surface area contributed by atoms with Crippen LogP contribution >= 0.6 is 15.9 Å². The number of hydrogen-bond donors (Lipinski definition) is 2. The van der Waals surface area contributed by atoms with Gasteiger partial charge in [0.15, 0.2) is 0 Å². The molecule has 2 aliphatic heterocycles. The minimum absolute atomic E-state index is 0.842. The Morgan fingerprint density at radius 3 is 1.81 bits per heavy atom. The van der Waals surface area contributed by atoms with Gasteiger partial charge in [0.05, 0.1) is 0 Å². The van der Waals surface area contributed by atoms with Gasteiger partial charge in [0.25, 0.3) is 0 Å².